The van der Waals surface area contributed by atoms with Gasteiger partial charge in [0.15, 0.2) is 5.82 Å². The van der Waals surface area contributed by atoms with E-state index in [-0.39, 0.29) is 18.0 Å². The first-order valence-corrected chi connectivity index (χ1v) is 10.5. The molecule has 0 spiro atoms. The molecule has 3 aromatic rings. The molecule has 1 aromatic carbocycles. The average molecular weight is 424 g/mol. The van der Waals surface area contributed by atoms with E-state index in [0.29, 0.717) is 44.1 Å². The fourth-order valence-corrected chi connectivity index (χ4v) is 4.48. The third-order valence-corrected chi connectivity index (χ3v) is 6.12. The van der Waals surface area contributed by atoms with Crippen LogP contribution in [-0.4, -0.2) is 70.1 Å². The number of β-amino-alcohol motifs (C(OH)–C–C–N with tert-alkyl or cyclic N) is 1. The van der Waals surface area contributed by atoms with Crippen LogP contribution in [0.15, 0.2) is 29.4 Å². The van der Waals surface area contributed by atoms with Gasteiger partial charge in [-0.2, -0.15) is 15.1 Å². The Labute approximate surface area is 179 Å². The lowest BCUT2D eigenvalue weighted by atomic mass is 9.86. The summed E-state index contributed by atoms with van der Waals surface area (Å²) < 4.78 is 21.7. The number of methoxy groups -OCH3 is 1. The predicted octanol–water partition coefficient (Wildman–Crippen LogP) is 2.60. The lowest BCUT2D eigenvalue weighted by molar-refractivity contribution is 0.198. The standard InChI is InChI=1S/C22H25FN6O2/c1-13-7-14-10-25-29(19(14)8-17(13)16-3-5-24-11-18(16)23)21-9-20(26-22(27-21)31-2)28-6-4-15(30)12-28/h7-11,15-16,18,30H,3-6,12H2,1-2H3/t15-,16?,18?/m1/s1. The first kappa shape index (κ1) is 19.9. The Hall–Kier alpha value is -3.07. The van der Waals surface area contributed by atoms with E-state index in [4.69, 9.17) is 4.74 Å². The Bertz CT molecular complexity index is 1150. The number of benzene rings is 1. The number of anilines is 1. The van der Waals surface area contributed by atoms with Crippen molar-refractivity contribution >= 4 is 22.9 Å². The van der Waals surface area contributed by atoms with Crippen LogP contribution in [0.2, 0.25) is 0 Å². The van der Waals surface area contributed by atoms with Crippen molar-refractivity contribution in [2.75, 3.05) is 31.6 Å². The summed E-state index contributed by atoms with van der Waals surface area (Å²) in [5.41, 5.74) is 2.86. The van der Waals surface area contributed by atoms with Gasteiger partial charge in [0.05, 0.1) is 24.9 Å². The number of rotatable bonds is 4. The van der Waals surface area contributed by atoms with Crippen molar-refractivity contribution < 1.29 is 14.2 Å². The molecule has 9 heteroatoms. The number of aliphatic hydroxyl groups excluding tert-OH is 1. The highest BCUT2D eigenvalue weighted by Crippen LogP contribution is 2.33. The van der Waals surface area contributed by atoms with Gasteiger partial charge in [-0.3, -0.25) is 4.99 Å². The van der Waals surface area contributed by atoms with Gasteiger partial charge in [0, 0.05) is 43.2 Å². The van der Waals surface area contributed by atoms with Gasteiger partial charge in [0.2, 0.25) is 0 Å². The van der Waals surface area contributed by atoms with Crippen LogP contribution in [0.4, 0.5) is 10.2 Å². The van der Waals surface area contributed by atoms with Crippen LogP contribution in [0.1, 0.15) is 29.9 Å². The molecule has 2 aliphatic rings. The Kier molecular flexibility index (Phi) is 5.05. The summed E-state index contributed by atoms with van der Waals surface area (Å²) in [5.74, 6) is 1.03. The van der Waals surface area contributed by atoms with E-state index in [2.05, 4.69) is 20.1 Å². The van der Waals surface area contributed by atoms with Crippen LogP contribution < -0.4 is 9.64 Å². The van der Waals surface area contributed by atoms with Crippen molar-refractivity contribution in [3.8, 4) is 11.8 Å². The molecule has 2 unspecified atom stereocenters. The highest BCUT2D eigenvalue weighted by Gasteiger charge is 2.27. The molecule has 8 nitrogen and oxygen atoms in total. The maximum atomic E-state index is 14.6. The van der Waals surface area contributed by atoms with Crippen LogP contribution in [0.3, 0.4) is 0 Å². The second kappa shape index (κ2) is 7.88. The predicted molar refractivity (Wildman–Crippen MR) is 116 cm³/mol. The van der Waals surface area contributed by atoms with E-state index in [0.717, 1.165) is 22.0 Å². The molecule has 31 heavy (non-hydrogen) atoms. The first-order chi connectivity index (χ1) is 15.0. The van der Waals surface area contributed by atoms with Gasteiger partial charge in [-0.15, -0.1) is 0 Å². The van der Waals surface area contributed by atoms with Gasteiger partial charge in [-0.25, -0.2) is 9.07 Å². The maximum Gasteiger partial charge on any atom is 0.320 e. The number of aliphatic hydroxyl groups is 1. The summed E-state index contributed by atoms with van der Waals surface area (Å²) in [6.07, 6.45) is 3.13. The zero-order chi connectivity index (χ0) is 21.5. The first-order valence-electron chi connectivity index (χ1n) is 10.5. The molecule has 0 radical (unpaired) electrons. The summed E-state index contributed by atoms with van der Waals surface area (Å²) in [6.45, 7) is 3.88. The minimum Gasteiger partial charge on any atom is -0.467 e. The monoisotopic (exact) mass is 424 g/mol. The second-order valence-corrected chi connectivity index (χ2v) is 8.18. The summed E-state index contributed by atoms with van der Waals surface area (Å²) in [7, 11) is 1.52. The lowest BCUT2D eigenvalue weighted by Gasteiger charge is -2.23. The Morgan fingerprint density at radius 2 is 2.00 bits per heavy atom. The zero-order valence-electron chi connectivity index (χ0n) is 17.6. The molecule has 0 aliphatic carbocycles. The minimum absolute atomic E-state index is 0.216. The molecule has 1 saturated heterocycles. The Morgan fingerprint density at radius 1 is 1.16 bits per heavy atom. The average Bonchev–Trinajstić information content (AvgIpc) is 3.39. The number of halogens is 1. The smallest absolute Gasteiger partial charge is 0.320 e. The van der Waals surface area contributed by atoms with Gasteiger partial charge >= 0.3 is 6.01 Å². The molecule has 4 heterocycles. The van der Waals surface area contributed by atoms with E-state index >= 15 is 0 Å². The largest absolute Gasteiger partial charge is 0.467 e. The molecule has 162 valence electrons. The maximum absolute atomic E-state index is 14.6. The van der Waals surface area contributed by atoms with Gasteiger partial charge in [0.25, 0.3) is 0 Å². The third-order valence-electron chi connectivity index (χ3n) is 6.12. The van der Waals surface area contributed by atoms with Crippen molar-refractivity contribution in [2.24, 2.45) is 4.99 Å². The number of nitrogens with zero attached hydrogens (tertiary/aromatic N) is 6. The third kappa shape index (κ3) is 3.63. The molecule has 2 aliphatic heterocycles. The van der Waals surface area contributed by atoms with E-state index in [1.807, 2.05) is 30.0 Å². The molecular formula is C22H25FN6O2. The number of aromatic nitrogens is 4. The molecule has 2 aromatic heterocycles. The molecular weight excluding hydrogens is 399 g/mol. The topological polar surface area (TPSA) is 88.7 Å². The molecule has 0 bridgehead atoms. The molecule has 0 amide bonds. The van der Waals surface area contributed by atoms with E-state index in [1.54, 1.807) is 10.9 Å². The van der Waals surface area contributed by atoms with Crippen LogP contribution in [0, 0.1) is 6.92 Å². The number of hydrogen-bond acceptors (Lipinski definition) is 7. The van der Waals surface area contributed by atoms with Gasteiger partial charge < -0.3 is 14.7 Å². The molecule has 1 N–H and O–H groups in total. The van der Waals surface area contributed by atoms with Gasteiger partial charge in [0.1, 0.15) is 12.0 Å². The van der Waals surface area contributed by atoms with Crippen molar-refractivity contribution in [1.82, 2.24) is 19.7 Å². The number of aryl methyl sites for hydroxylation is 1. The zero-order valence-corrected chi connectivity index (χ0v) is 17.6. The van der Waals surface area contributed by atoms with Crippen molar-refractivity contribution in [2.45, 2.75) is 38.0 Å². The minimum atomic E-state index is -1.09. The fraction of sp³-hybridized carbons (Fsp3) is 0.455. The van der Waals surface area contributed by atoms with Crippen molar-refractivity contribution in [3.05, 3.63) is 35.5 Å². The quantitative estimate of drug-likeness (QED) is 0.693. The molecule has 0 saturated carbocycles. The van der Waals surface area contributed by atoms with Crippen LogP contribution >= 0.6 is 0 Å². The SMILES string of the molecule is COc1nc(N2CC[C@@H](O)C2)cc(-n2ncc3cc(C)c(C4CCN=CC4F)cc32)n1. The number of alkyl halides is 1. The van der Waals surface area contributed by atoms with Crippen molar-refractivity contribution in [3.63, 3.8) is 0 Å². The van der Waals surface area contributed by atoms with Crippen LogP contribution in [0.5, 0.6) is 6.01 Å². The molecule has 1 fully saturated rings. The van der Waals surface area contributed by atoms with E-state index < -0.39 is 6.17 Å². The molecule has 5 rings (SSSR count). The number of aliphatic imine (C=N–C) groups is 1. The van der Waals surface area contributed by atoms with E-state index in [1.165, 1.54) is 13.3 Å². The van der Waals surface area contributed by atoms with Crippen LogP contribution in [-0.2, 0) is 0 Å². The highest BCUT2D eigenvalue weighted by molar-refractivity contribution is 5.82. The normalized spacial score (nSPS) is 23.6. The lowest BCUT2D eigenvalue weighted by Crippen LogP contribution is -2.23. The summed E-state index contributed by atoms with van der Waals surface area (Å²) in [5, 5.41) is 15.4. The second-order valence-electron chi connectivity index (χ2n) is 8.18. The van der Waals surface area contributed by atoms with E-state index in [9.17, 15) is 9.50 Å². The summed E-state index contributed by atoms with van der Waals surface area (Å²) >= 11 is 0. The van der Waals surface area contributed by atoms with Crippen LogP contribution in [0.25, 0.3) is 16.7 Å². The number of ether oxygens (including phenoxy) is 1. The molecule has 3 atom stereocenters. The van der Waals surface area contributed by atoms with Crippen molar-refractivity contribution in [1.29, 1.82) is 0 Å². The van der Waals surface area contributed by atoms with Gasteiger partial charge in [-0.05, 0) is 43.0 Å². The Morgan fingerprint density at radius 3 is 2.74 bits per heavy atom. The number of fused-ring (bicyclic) bond motifs is 1. The highest BCUT2D eigenvalue weighted by atomic mass is 19.1. The van der Waals surface area contributed by atoms with Gasteiger partial charge in [-0.1, -0.05) is 0 Å². The number of hydrogen-bond donors (Lipinski definition) is 1. The Balaban J connectivity index is 1.60. The summed E-state index contributed by atoms with van der Waals surface area (Å²) in [6, 6.07) is 6.14. The fourth-order valence-electron chi connectivity index (χ4n) is 4.48. The summed E-state index contributed by atoms with van der Waals surface area (Å²) in [4.78, 5) is 15.0.